The molecule has 0 heterocycles. The molecule has 2 N–H and O–H groups in total. The molecule has 222 valence electrons. The minimum Gasteiger partial charge on any atom is -0.444 e. The molecule has 2 aromatic rings. The zero-order valence-electron chi connectivity index (χ0n) is 26.0. The zero-order chi connectivity index (χ0) is 30.7. The Hall–Kier alpha value is -3.79. The molecule has 0 fully saturated rings. The van der Waals surface area contributed by atoms with Crippen molar-refractivity contribution in [2.45, 2.75) is 98.8 Å². The fraction of sp³-hybridized carbons (Fsp3) is 0.500. The van der Waals surface area contributed by atoms with Crippen LogP contribution in [0.4, 0.5) is 10.5 Å². The van der Waals surface area contributed by atoms with Crippen molar-refractivity contribution in [3.05, 3.63) is 64.7 Å². The van der Waals surface area contributed by atoms with E-state index in [0.29, 0.717) is 36.2 Å². The third-order valence-electron chi connectivity index (χ3n) is 6.68. The van der Waals surface area contributed by atoms with Gasteiger partial charge in [-0.25, -0.2) is 4.79 Å². The lowest BCUT2D eigenvalue weighted by Gasteiger charge is -2.35. The number of para-hydroxylation sites is 1. The molecule has 2 rings (SSSR count). The molecule has 0 bridgehead atoms. The van der Waals surface area contributed by atoms with Gasteiger partial charge in [-0.3, -0.25) is 9.59 Å². The van der Waals surface area contributed by atoms with Gasteiger partial charge in [0.15, 0.2) is 0 Å². The van der Waals surface area contributed by atoms with Crippen molar-refractivity contribution >= 4 is 23.6 Å². The summed E-state index contributed by atoms with van der Waals surface area (Å²) < 4.78 is 5.49. The number of unbranched alkanes of at least 4 members (excludes halogenated alkanes) is 2. The number of nitrogens with zero attached hydrogens (tertiary/aromatic N) is 1. The molecule has 2 aromatic carbocycles. The van der Waals surface area contributed by atoms with Crippen molar-refractivity contribution in [3.8, 4) is 12.3 Å². The van der Waals surface area contributed by atoms with Crippen LogP contribution in [0.25, 0.3) is 0 Å². The van der Waals surface area contributed by atoms with Crippen molar-refractivity contribution in [2.24, 2.45) is 5.92 Å². The molecule has 41 heavy (non-hydrogen) atoms. The largest absolute Gasteiger partial charge is 0.444 e. The van der Waals surface area contributed by atoms with Gasteiger partial charge in [0, 0.05) is 17.8 Å². The Morgan fingerprint density at radius 3 is 2.20 bits per heavy atom. The average molecular weight is 562 g/mol. The van der Waals surface area contributed by atoms with Crippen molar-refractivity contribution in [1.82, 2.24) is 10.2 Å². The number of hydrogen-bond donors (Lipinski definition) is 2. The molecule has 7 heteroatoms. The van der Waals surface area contributed by atoms with E-state index in [-0.39, 0.29) is 17.7 Å². The molecule has 3 amide bonds. The Balaban J connectivity index is 2.65. The summed E-state index contributed by atoms with van der Waals surface area (Å²) in [6, 6.07) is 11.1. The molecule has 0 spiro atoms. The second-order valence-electron chi connectivity index (χ2n) is 12.0. The maximum Gasteiger partial charge on any atom is 0.408 e. The van der Waals surface area contributed by atoms with E-state index < -0.39 is 23.8 Å². The predicted octanol–water partition coefficient (Wildman–Crippen LogP) is 6.92. The number of amides is 3. The summed E-state index contributed by atoms with van der Waals surface area (Å²) in [5.41, 5.74) is 2.89. The smallest absolute Gasteiger partial charge is 0.408 e. The summed E-state index contributed by atoms with van der Waals surface area (Å²) in [6.45, 7) is 15.5. The van der Waals surface area contributed by atoms with Crippen LogP contribution in [0.15, 0.2) is 42.5 Å². The summed E-state index contributed by atoms with van der Waals surface area (Å²) in [6.07, 6.45) is 8.09. The predicted molar refractivity (Wildman–Crippen MR) is 166 cm³/mol. The number of terminal acetylenes is 1. The van der Waals surface area contributed by atoms with Gasteiger partial charge in [0.2, 0.25) is 5.91 Å². The number of carbonyl (C=O) groups excluding carboxylic acids is 3. The van der Waals surface area contributed by atoms with Crippen LogP contribution in [0.1, 0.15) is 95.5 Å². The van der Waals surface area contributed by atoms with Gasteiger partial charge in [0.1, 0.15) is 17.7 Å². The number of alkyl carbamates (subject to hydrolysis) is 1. The van der Waals surface area contributed by atoms with Crippen LogP contribution in [0.3, 0.4) is 0 Å². The van der Waals surface area contributed by atoms with Gasteiger partial charge in [-0.05, 0) is 76.1 Å². The van der Waals surface area contributed by atoms with E-state index in [0.717, 1.165) is 24.0 Å². The molecular weight excluding hydrogens is 514 g/mol. The molecular formula is C34H47N3O4. The topological polar surface area (TPSA) is 87.7 Å². The molecule has 0 aromatic heterocycles. The Morgan fingerprint density at radius 1 is 1.00 bits per heavy atom. The first kappa shape index (κ1) is 33.4. The van der Waals surface area contributed by atoms with Crippen molar-refractivity contribution in [1.29, 1.82) is 0 Å². The maximum absolute atomic E-state index is 14.4. The third kappa shape index (κ3) is 9.97. The highest BCUT2D eigenvalue weighted by Crippen LogP contribution is 2.30. The van der Waals surface area contributed by atoms with Gasteiger partial charge in [0.05, 0.1) is 0 Å². The quantitative estimate of drug-likeness (QED) is 0.217. The molecule has 0 aliphatic heterocycles. The highest BCUT2D eigenvalue weighted by Gasteiger charge is 2.37. The van der Waals surface area contributed by atoms with E-state index in [2.05, 4.69) is 23.5 Å². The molecule has 0 aliphatic carbocycles. The first-order valence-corrected chi connectivity index (χ1v) is 14.5. The van der Waals surface area contributed by atoms with Crippen molar-refractivity contribution in [2.75, 3.05) is 11.9 Å². The van der Waals surface area contributed by atoms with Crippen LogP contribution < -0.4 is 10.6 Å². The molecule has 0 aliphatic rings. The first-order valence-electron chi connectivity index (χ1n) is 14.5. The normalized spacial score (nSPS) is 12.7. The number of benzene rings is 2. The monoisotopic (exact) mass is 561 g/mol. The average Bonchev–Trinajstić information content (AvgIpc) is 2.88. The third-order valence-corrected chi connectivity index (χ3v) is 6.68. The summed E-state index contributed by atoms with van der Waals surface area (Å²) >= 11 is 0. The molecule has 2 atom stereocenters. The minimum absolute atomic E-state index is 0.0938. The van der Waals surface area contributed by atoms with Crippen molar-refractivity contribution < 1.29 is 19.1 Å². The second kappa shape index (κ2) is 15.3. The number of rotatable bonds is 12. The Morgan fingerprint density at radius 2 is 1.63 bits per heavy atom. The van der Waals surface area contributed by atoms with E-state index in [4.69, 9.17) is 11.2 Å². The van der Waals surface area contributed by atoms with Crippen molar-refractivity contribution in [3.63, 3.8) is 0 Å². The summed E-state index contributed by atoms with van der Waals surface area (Å²) in [5.74, 6) is 2.07. The number of ether oxygens (including phenoxy) is 1. The van der Waals surface area contributed by atoms with Crippen LogP contribution in [-0.2, 0) is 14.3 Å². The molecule has 0 radical (unpaired) electrons. The van der Waals surface area contributed by atoms with Gasteiger partial charge in [-0.1, -0.05) is 75.9 Å². The molecule has 7 nitrogen and oxygen atoms in total. The van der Waals surface area contributed by atoms with E-state index >= 15 is 0 Å². The van der Waals surface area contributed by atoms with Crippen LogP contribution in [0.2, 0.25) is 0 Å². The summed E-state index contributed by atoms with van der Waals surface area (Å²) in [4.78, 5) is 43.0. The Kier molecular flexibility index (Phi) is 12.5. The zero-order valence-corrected chi connectivity index (χ0v) is 26.0. The highest BCUT2D eigenvalue weighted by molar-refractivity contribution is 6.00. The van der Waals surface area contributed by atoms with E-state index in [1.807, 2.05) is 58.0 Å². The number of nitrogens with one attached hydrogen (secondary N) is 2. The fourth-order valence-electron chi connectivity index (χ4n) is 4.76. The summed E-state index contributed by atoms with van der Waals surface area (Å²) in [5, 5.41) is 5.89. The Labute approximate surface area is 246 Å². The second-order valence-corrected chi connectivity index (χ2v) is 12.0. The van der Waals surface area contributed by atoms with Crippen LogP contribution in [0.5, 0.6) is 0 Å². The van der Waals surface area contributed by atoms with E-state index in [1.54, 1.807) is 37.8 Å². The number of carbonyl (C=O) groups is 3. The van der Waals surface area contributed by atoms with Gasteiger partial charge in [-0.15, -0.1) is 6.42 Å². The standard InChI is InChI=1S/C34H47N3O4/c1-10-12-15-21-37(32(39)28(22-23(3)4)35-33(40)41-34(7,8)9)30(27-20-14-13-19-26(27)11-2)31(38)36-29-24(5)17-16-18-25(29)6/h2,13-14,16-20,23,28,30H,10,12,15,21-22H2,1,3-9H3,(H,35,40)(H,36,38). The lowest BCUT2D eigenvalue weighted by Crippen LogP contribution is -2.53. The molecule has 0 saturated heterocycles. The summed E-state index contributed by atoms with van der Waals surface area (Å²) in [7, 11) is 0. The van der Waals surface area contributed by atoms with Crippen LogP contribution in [-0.4, -0.2) is 41.0 Å². The maximum atomic E-state index is 14.4. The minimum atomic E-state index is -1.01. The fourth-order valence-corrected chi connectivity index (χ4v) is 4.76. The SMILES string of the molecule is C#Cc1ccccc1C(C(=O)Nc1c(C)cccc1C)N(CCCCC)C(=O)C(CC(C)C)NC(=O)OC(C)(C)C. The molecule has 2 unspecified atom stereocenters. The Bertz CT molecular complexity index is 1220. The van der Waals surface area contributed by atoms with Gasteiger partial charge >= 0.3 is 6.09 Å². The van der Waals surface area contributed by atoms with Gasteiger partial charge in [0.25, 0.3) is 5.91 Å². The van der Waals surface area contributed by atoms with E-state index in [9.17, 15) is 14.4 Å². The lowest BCUT2D eigenvalue weighted by molar-refractivity contribution is -0.141. The number of hydrogen-bond acceptors (Lipinski definition) is 4. The first-order chi connectivity index (χ1) is 19.3. The number of aryl methyl sites for hydroxylation is 2. The van der Waals surface area contributed by atoms with Crippen LogP contribution in [0, 0.1) is 32.1 Å². The molecule has 0 saturated carbocycles. The van der Waals surface area contributed by atoms with Crippen LogP contribution >= 0.6 is 0 Å². The number of anilines is 1. The highest BCUT2D eigenvalue weighted by atomic mass is 16.6. The lowest BCUT2D eigenvalue weighted by atomic mass is 9.95. The van der Waals surface area contributed by atoms with E-state index in [1.165, 1.54) is 0 Å². The van der Waals surface area contributed by atoms with Gasteiger partial charge in [-0.2, -0.15) is 0 Å². The van der Waals surface area contributed by atoms with Gasteiger partial charge < -0.3 is 20.3 Å².